The van der Waals surface area contributed by atoms with Crippen LogP contribution in [0.4, 0.5) is 0 Å². The Bertz CT molecular complexity index is 1190. The van der Waals surface area contributed by atoms with Crippen LogP contribution in [0.25, 0.3) is 22.6 Å². The van der Waals surface area contributed by atoms with Gasteiger partial charge >= 0.3 is 5.97 Å². The van der Waals surface area contributed by atoms with Crippen molar-refractivity contribution >= 4 is 34.4 Å². The SMILES string of the molecule is O=C(COC(=O)c1c2c(nc3ccccc13)C(=Cc1ccco1)CC2)NC1CCCCCC1. The summed E-state index contributed by atoms with van der Waals surface area (Å²) in [5, 5.41) is 3.79. The number of carbonyl (C=O) groups excluding carboxylic acids is 2. The molecule has 0 saturated heterocycles. The van der Waals surface area contributed by atoms with Gasteiger partial charge in [-0.2, -0.15) is 0 Å². The van der Waals surface area contributed by atoms with Gasteiger partial charge in [-0.05, 0) is 61.1 Å². The number of rotatable bonds is 5. The highest BCUT2D eigenvalue weighted by Gasteiger charge is 2.28. The van der Waals surface area contributed by atoms with E-state index < -0.39 is 5.97 Å². The van der Waals surface area contributed by atoms with Gasteiger partial charge in [-0.25, -0.2) is 9.78 Å². The third-order valence-corrected chi connectivity index (χ3v) is 6.56. The zero-order valence-electron chi connectivity index (χ0n) is 18.6. The lowest BCUT2D eigenvalue weighted by Crippen LogP contribution is -2.37. The minimum atomic E-state index is -0.472. The fourth-order valence-corrected chi connectivity index (χ4v) is 4.95. The largest absolute Gasteiger partial charge is 0.465 e. The summed E-state index contributed by atoms with van der Waals surface area (Å²) in [6, 6.07) is 11.5. The van der Waals surface area contributed by atoms with Gasteiger partial charge < -0.3 is 14.5 Å². The van der Waals surface area contributed by atoms with Gasteiger partial charge in [0.05, 0.1) is 23.0 Å². The quantitative estimate of drug-likeness (QED) is 0.426. The van der Waals surface area contributed by atoms with Crippen LogP contribution in [-0.2, 0) is 16.0 Å². The van der Waals surface area contributed by atoms with Gasteiger partial charge in [0.1, 0.15) is 5.76 Å². The number of esters is 1. The maximum absolute atomic E-state index is 13.2. The Morgan fingerprint density at radius 2 is 1.88 bits per heavy atom. The zero-order chi connectivity index (χ0) is 22.6. The third-order valence-electron chi connectivity index (χ3n) is 6.56. The van der Waals surface area contributed by atoms with Crippen molar-refractivity contribution < 1.29 is 18.7 Å². The fraction of sp³-hybridized carbons (Fsp3) is 0.370. The molecule has 0 bridgehead atoms. The van der Waals surface area contributed by atoms with Crippen LogP contribution >= 0.6 is 0 Å². The van der Waals surface area contributed by atoms with Crippen molar-refractivity contribution in [2.45, 2.75) is 57.4 Å². The Morgan fingerprint density at radius 3 is 2.67 bits per heavy atom. The molecule has 5 rings (SSSR count). The second kappa shape index (κ2) is 9.61. The number of hydrogen-bond acceptors (Lipinski definition) is 5. The Kier molecular flexibility index (Phi) is 6.24. The summed E-state index contributed by atoms with van der Waals surface area (Å²) in [5.41, 5.74) is 3.96. The number of allylic oxidation sites excluding steroid dienone is 1. The molecule has 0 spiro atoms. The van der Waals surface area contributed by atoms with Crippen LogP contribution in [-0.4, -0.2) is 29.5 Å². The van der Waals surface area contributed by atoms with E-state index in [1.54, 1.807) is 6.26 Å². The average Bonchev–Trinajstić information content (AvgIpc) is 3.40. The monoisotopic (exact) mass is 444 g/mol. The Balaban J connectivity index is 1.38. The van der Waals surface area contributed by atoms with Gasteiger partial charge in [0.15, 0.2) is 6.61 Å². The summed E-state index contributed by atoms with van der Waals surface area (Å²) < 4.78 is 11.0. The topological polar surface area (TPSA) is 81.4 Å². The van der Waals surface area contributed by atoms with Crippen molar-refractivity contribution in [1.82, 2.24) is 10.3 Å². The summed E-state index contributed by atoms with van der Waals surface area (Å²) >= 11 is 0. The van der Waals surface area contributed by atoms with E-state index in [2.05, 4.69) is 5.32 Å². The molecule has 1 amide bonds. The number of amides is 1. The summed E-state index contributed by atoms with van der Waals surface area (Å²) in [5.74, 6) is 0.0518. The first-order chi connectivity index (χ1) is 16.2. The number of fused-ring (bicyclic) bond motifs is 2. The van der Waals surface area contributed by atoms with Crippen molar-refractivity contribution in [2.75, 3.05) is 6.61 Å². The molecule has 3 aromatic rings. The average molecular weight is 445 g/mol. The van der Waals surface area contributed by atoms with Crippen LogP contribution in [0.3, 0.4) is 0 Å². The molecule has 0 aliphatic heterocycles. The van der Waals surface area contributed by atoms with Crippen LogP contribution in [0, 0.1) is 0 Å². The lowest BCUT2D eigenvalue weighted by atomic mass is 10.0. The van der Waals surface area contributed by atoms with Crippen molar-refractivity contribution in [3.05, 3.63) is 65.2 Å². The lowest BCUT2D eigenvalue weighted by Gasteiger charge is -2.16. The first kappa shape index (κ1) is 21.4. The van der Waals surface area contributed by atoms with Gasteiger partial charge in [-0.3, -0.25) is 4.79 Å². The van der Waals surface area contributed by atoms with E-state index in [1.165, 1.54) is 12.8 Å². The lowest BCUT2D eigenvalue weighted by molar-refractivity contribution is -0.125. The third kappa shape index (κ3) is 4.70. The van der Waals surface area contributed by atoms with E-state index in [1.807, 2.05) is 42.5 Å². The smallest absolute Gasteiger partial charge is 0.339 e. The van der Waals surface area contributed by atoms with Crippen LogP contribution in [0.5, 0.6) is 0 Å². The minimum Gasteiger partial charge on any atom is -0.465 e. The molecule has 0 atom stereocenters. The highest BCUT2D eigenvalue weighted by atomic mass is 16.5. The van der Waals surface area contributed by atoms with Crippen molar-refractivity contribution in [3.8, 4) is 0 Å². The fourth-order valence-electron chi connectivity index (χ4n) is 4.95. The van der Waals surface area contributed by atoms with E-state index in [9.17, 15) is 9.59 Å². The molecule has 0 unspecified atom stereocenters. The summed E-state index contributed by atoms with van der Waals surface area (Å²) in [7, 11) is 0. The maximum Gasteiger partial charge on any atom is 0.339 e. The van der Waals surface area contributed by atoms with Crippen molar-refractivity contribution in [2.24, 2.45) is 0 Å². The number of furan rings is 1. The number of ether oxygens (including phenoxy) is 1. The predicted octanol–water partition coefficient (Wildman–Crippen LogP) is 5.31. The first-order valence-corrected chi connectivity index (χ1v) is 11.8. The zero-order valence-corrected chi connectivity index (χ0v) is 18.6. The summed E-state index contributed by atoms with van der Waals surface area (Å²) in [6.45, 7) is -0.268. The molecular weight excluding hydrogens is 416 g/mol. The number of aromatic nitrogens is 1. The predicted molar refractivity (Wildman–Crippen MR) is 127 cm³/mol. The number of nitrogens with zero attached hydrogens (tertiary/aromatic N) is 1. The van der Waals surface area contributed by atoms with Crippen molar-refractivity contribution in [1.29, 1.82) is 0 Å². The molecule has 2 heterocycles. The van der Waals surface area contributed by atoms with Crippen molar-refractivity contribution in [3.63, 3.8) is 0 Å². The minimum absolute atomic E-state index is 0.180. The molecule has 2 aromatic heterocycles. The second-order valence-electron chi connectivity index (χ2n) is 8.85. The van der Waals surface area contributed by atoms with Gasteiger partial charge in [0.2, 0.25) is 0 Å². The Labute approximate surface area is 193 Å². The molecule has 2 aliphatic rings. The number of pyridine rings is 1. The van der Waals surface area contributed by atoms with E-state index in [0.29, 0.717) is 12.0 Å². The van der Waals surface area contributed by atoms with Crippen LogP contribution in [0.15, 0.2) is 47.1 Å². The molecule has 0 radical (unpaired) electrons. The van der Waals surface area contributed by atoms with E-state index in [0.717, 1.165) is 65.6 Å². The molecular formula is C27H28N2O4. The van der Waals surface area contributed by atoms with Gasteiger partial charge in [0, 0.05) is 11.4 Å². The van der Waals surface area contributed by atoms with Gasteiger partial charge in [-0.1, -0.05) is 43.9 Å². The van der Waals surface area contributed by atoms with E-state index in [-0.39, 0.29) is 18.6 Å². The molecule has 6 heteroatoms. The maximum atomic E-state index is 13.2. The normalized spacial score (nSPS) is 17.6. The van der Waals surface area contributed by atoms with E-state index >= 15 is 0 Å². The highest BCUT2D eigenvalue weighted by Crippen LogP contribution is 2.37. The molecule has 1 fully saturated rings. The molecule has 33 heavy (non-hydrogen) atoms. The number of para-hydroxylation sites is 1. The summed E-state index contributed by atoms with van der Waals surface area (Å²) in [4.78, 5) is 30.5. The molecule has 170 valence electrons. The standard InChI is InChI=1S/C27H28N2O4/c30-24(28-19-8-3-1-2-4-9-19)17-33-27(31)25-21-11-5-6-12-23(21)29-26-18(13-14-22(25)26)16-20-10-7-15-32-20/h5-7,10-12,15-16,19H,1-4,8-9,13-14,17H2,(H,28,30). The number of benzene rings is 1. The molecule has 1 saturated carbocycles. The highest BCUT2D eigenvalue weighted by molar-refractivity contribution is 6.07. The number of nitrogens with one attached hydrogen (secondary N) is 1. The van der Waals surface area contributed by atoms with Crippen LogP contribution in [0.2, 0.25) is 0 Å². The molecule has 1 aromatic carbocycles. The second-order valence-corrected chi connectivity index (χ2v) is 8.85. The summed E-state index contributed by atoms with van der Waals surface area (Å²) in [6.07, 6.45) is 11.8. The van der Waals surface area contributed by atoms with Crippen LogP contribution < -0.4 is 5.32 Å². The number of hydrogen-bond donors (Lipinski definition) is 1. The van der Waals surface area contributed by atoms with Crippen LogP contribution in [0.1, 0.15) is 72.3 Å². The Hall–Kier alpha value is -3.41. The van der Waals surface area contributed by atoms with E-state index in [4.69, 9.17) is 14.1 Å². The molecule has 1 N–H and O–H groups in total. The first-order valence-electron chi connectivity index (χ1n) is 11.8. The Morgan fingerprint density at radius 1 is 1.06 bits per heavy atom. The molecule has 2 aliphatic carbocycles. The van der Waals surface area contributed by atoms with Gasteiger partial charge in [-0.15, -0.1) is 0 Å². The van der Waals surface area contributed by atoms with Gasteiger partial charge in [0.25, 0.3) is 5.91 Å². The number of carbonyl (C=O) groups is 2. The molecule has 6 nitrogen and oxygen atoms in total.